The first kappa shape index (κ1) is 18.6. The van der Waals surface area contributed by atoms with Crippen LogP contribution in [0, 0.1) is 6.92 Å². The number of rotatable bonds is 4. The van der Waals surface area contributed by atoms with Crippen molar-refractivity contribution < 1.29 is 4.79 Å². The fourth-order valence-electron chi connectivity index (χ4n) is 3.78. The fourth-order valence-corrected chi connectivity index (χ4v) is 4.92. The van der Waals surface area contributed by atoms with Gasteiger partial charge in [-0.25, -0.2) is 4.98 Å². The van der Waals surface area contributed by atoms with E-state index in [-0.39, 0.29) is 11.5 Å². The normalized spacial score (nSPS) is 13.8. The highest BCUT2D eigenvalue weighted by atomic mass is 32.1. The number of para-hydroxylation sites is 1. The summed E-state index contributed by atoms with van der Waals surface area (Å²) in [5.41, 5.74) is 1.53. The van der Waals surface area contributed by atoms with Crippen molar-refractivity contribution in [3.8, 4) is 0 Å². The molecular formula is C22H23N3O2S. The number of thiophene rings is 1. The maximum Gasteiger partial charge on any atom is 0.269 e. The number of aryl methyl sites for hydroxylation is 2. The van der Waals surface area contributed by atoms with E-state index in [1.807, 2.05) is 41.8 Å². The van der Waals surface area contributed by atoms with Crippen LogP contribution in [-0.2, 0) is 13.0 Å². The predicted molar refractivity (Wildman–Crippen MR) is 114 cm³/mol. The Labute approximate surface area is 167 Å². The number of benzene rings is 1. The molecule has 3 aromatic rings. The molecule has 0 atom stereocenters. The summed E-state index contributed by atoms with van der Waals surface area (Å²) in [5.74, 6) is 0.729. The standard InChI is InChI=1S/C22H23N3O2S/c1-3-13-24(16-10-6-4-7-11-16)22(27)19-15(2)18-20(28-19)23-17-12-8-5-9-14-25(17)21(18)26/h3-4,6-7,10-11H,1,5,8-9,12-14H2,2H3. The summed E-state index contributed by atoms with van der Waals surface area (Å²) in [4.78, 5) is 34.2. The molecule has 5 nitrogen and oxygen atoms in total. The summed E-state index contributed by atoms with van der Waals surface area (Å²) in [7, 11) is 0. The van der Waals surface area contributed by atoms with Gasteiger partial charge in [-0.2, -0.15) is 0 Å². The minimum absolute atomic E-state index is 0.00955. The minimum atomic E-state index is -0.119. The van der Waals surface area contributed by atoms with Crippen LogP contribution in [0.5, 0.6) is 0 Å². The topological polar surface area (TPSA) is 55.2 Å². The van der Waals surface area contributed by atoms with Crippen LogP contribution in [0.25, 0.3) is 10.2 Å². The number of aromatic nitrogens is 2. The van der Waals surface area contributed by atoms with E-state index >= 15 is 0 Å². The predicted octanol–water partition coefficient (Wildman–Crippen LogP) is 4.33. The number of hydrogen-bond donors (Lipinski definition) is 0. The number of amides is 1. The van der Waals surface area contributed by atoms with Gasteiger partial charge < -0.3 is 4.90 Å². The van der Waals surface area contributed by atoms with E-state index in [4.69, 9.17) is 4.98 Å². The van der Waals surface area contributed by atoms with E-state index < -0.39 is 0 Å². The molecule has 0 spiro atoms. The third kappa shape index (κ3) is 3.18. The Morgan fingerprint density at radius 1 is 1.29 bits per heavy atom. The third-order valence-corrected chi connectivity index (χ3v) is 6.40. The van der Waals surface area contributed by atoms with Crippen molar-refractivity contribution in [3.05, 3.63) is 69.6 Å². The number of hydrogen-bond acceptors (Lipinski definition) is 4. The van der Waals surface area contributed by atoms with E-state index in [0.717, 1.165) is 42.8 Å². The van der Waals surface area contributed by atoms with Crippen LogP contribution in [-0.4, -0.2) is 22.0 Å². The first-order chi connectivity index (χ1) is 13.6. The first-order valence-corrected chi connectivity index (χ1v) is 10.4. The highest BCUT2D eigenvalue weighted by Gasteiger charge is 2.25. The molecule has 0 radical (unpaired) electrons. The molecule has 4 rings (SSSR count). The highest BCUT2D eigenvalue weighted by Crippen LogP contribution is 2.30. The van der Waals surface area contributed by atoms with Gasteiger partial charge in [-0.3, -0.25) is 14.2 Å². The second-order valence-electron chi connectivity index (χ2n) is 7.07. The molecule has 0 saturated carbocycles. The molecule has 3 heterocycles. The summed E-state index contributed by atoms with van der Waals surface area (Å²) in [6.07, 6.45) is 5.69. The van der Waals surface area contributed by atoms with E-state index in [2.05, 4.69) is 6.58 Å². The van der Waals surface area contributed by atoms with Gasteiger partial charge in [-0.05, 0) is 37.5 Å². The molecule has 0 N–H and O–H groups in total. The van der Waals surface area contributed by atoms with Crippen LogP contribution in [0.2, 0.25) is 0 Å². The highest BCUT2D eigenvalue weighted by molar-refractivity contribution is 7.20. The largest absolute Gasteiger partial charge is 0.304 e. The van der Waals surface area contributed by atoms with Gasteiger partial charge in [0, 0.05) is 25.2 Å². The van der Waals surface area contributed by atoms with Crippen molar-refractivity contribution in [1.82, 2.24) is 9.55 Å². The zero-order valence-corrected chi connectivity index (χ0v) is 16.8. The van der Waals surface area contributed by atoms with Crippen LogP contribution in [0.15, 0.2) is 47.8 Å². The molecule has 0 saturated heterocycles. The lowest BCUT2D eigenvalue weighted by Crippen LogP contribution is -2.31. The first-order valence-electron chi connectivity index (χ1n) is 9.62. The number of anilines is 1. The Kier molecular flexibility index (Phi) is 5.13. The zero-order chi connectivity index (χ0) is 19.7. The Morgan fingerprint density at radius 2 is 2.07 bits per heavy atom. The Balaban J connectivity index is 1.83. The summed E-state index contributed by atoms with van der Waals surface area (Å²) >= 11 is 1.32. The van der Waals surface area contributed by atoms with Crippen LogP contribution in [0.1, 0.15) is 40.3 Å². The molecule has 28 heavy (non-hydrogen) atoms. The molecule has 0 aliphatic carbocycles. The van der Waals surface area contributed by atoms with Crippen molar-refractivity contribution in [2.45, 2.75) is 39.2 Å². The molecule has 0 bridgehead atoms. The zero-order valence-electron chi connectivity index (χ0n) is 16.0. The number of nitrogens with zero attached hydrogens (tertiary/aromatic N) is 3. The molecule has 0 fully saturated rings. The van der Waals surface area contributed by atoms with Crippen molar-refractivity contribution in [2.75, 3.05) is 11.4 Å². The van der Waals surface area contributed by atoms with Crippen molar-refractivity contribution in [2.24, 2.45) is 0 Å². The van der Waals surface area contributed by atoms with Crippen LogP contribution in [0.4, 0.5) is 5.69 Å². The third-order valence-electron chi connectivity index (χ3n) is 5.23. The molecule has 1 aliphatic heterocycles. The number of fused-ring (bicyclic) bond motifs is 2. The average Bonchev–Trinajstić information content (AvgIpc) is 2.88. The summed E-state index contributed by atoms with van der Waals surface area (Å²) in [6.45, 7) is 6.76. The molecule has 144 valence electrons. The van der Waals surface area contributed by atoms with Gasteiger partial charge in [0.1, 0.15) is 10.7 Å². The molecular weight excluding hydrogens is 370 g/mol. The summed E-state index contributed by atoms with van der Waals surface area (Å²) < 4.78 is 1.81. The Bertz CT molecular complexity index is 1100. The van der Waals surface area contributed by atoms with E-state index in [0.29, 0.717) is 28.2 Å². The van der Waals surface area contributed by atoms with E-state index in [9.17, 15) is 9.59 Å². The lowest BCUT2D eigenvalue weighted by Gasteiger charge is -2.20. The Morgan fingerprint density at radius 3 is 2.82 bits per heavy atom. The van der Waals surface area contributed by atoms with Gasteiger partial charge in [-0.15, -0.1) is 17.9 Å². The second kappa shape index (κ2) is 7.72. The van der Waals surface area contributed by atoms with Gasteiger partial charge in [0.05, 0.1) is 10.3 Å². The molecule has 1 amide bonds. The van der Waals surface area contributed by atoms with Gasteiger partial charge in [-0.1, -0.05) is 30.7 Å². The maximum atomic E-state index is 13.4. The maximum absolute atomic E-state index is 13.4. The minimum Gasteiger partial charge on any atom is -0.304 e. The quantitative estimate of drug-likeness (QED) is 0.620. The lowest BCUT2D eigenvalue weighted by atomic mass is 10.2. The SMILES string of the molecule is C=CCN(C(=O)c1sc2nc3n(c(=O)c2c1C)CCCCC3)c1ccccc1. The molecule has 2 aromatic heterocycles. The van der Waals surface area contributed by atoms with Gasteiger partial charge in [0.2, 0.25) is 0 Å². The van der Waals surface area contributed by atoms with Crippen molar-refractivity contribution in [1.29, 1.82) is 0 Å². The van der Waals surface area contributed by atoms with Gasteiger partial charge in [0.25, 0.3) is 11.5 Å². The van der Waals surface area contributed by atoms with E-state index in [1.165, 1.54) is 11.3 Å². The Hall–Kier alpha value is -2.73. The number of carbonyl (C=O) groups is 1. The average molecular weight is 394 g/mol. The fraction of sp³-hybridized carbons (Fsp3) is 0.318. The smallest absolute Gasteiger partial charge is 0.269 e. The van der Waals surface area contributed by atoms with Crippen molar-refractivity contribution in [3.63, 3.8) is 0 Å². The van der Waals surface area contributed by atoms with Gasteiger partial charge in [0.15, 0.2) is 0 Å². The van der Waals surface area contributed by atoms with Crippen LogP contribution < -0.4 is 10.5 Å². The molecule has 0 unspecified atom stereocenters. The molecule has 6 heteroatoms. The molecule has 1 aromatic carbocycles. The molecule has 1 aliphatic rings. The second-order valence-corrected chi connectivity index (χ2v) is 8.07. The summed E-state index contributed by atoms with van der Waals surface area (Å²) in [5, 5.41) is 0.589. The lowest BCUT2D eigenvalue weighted by molar-refractivity contribution is 0.0993. The number of carbonyl (C=O) groups excluding carboxylic acids is 1. The van der Waals surface area contributed by atoms with Crippen LogP contribution >= 0.6 is 11.3 Å². The monoisotopic (exact) mass is 393 g/mol. The van der Waals surface area contributed by atoms with Crippen molar-refractivity contribution >= 4 is 33.1 Å². The van der Waals surface area contributed by atoms with E-state index in [1.54, 1.807) is 11.0 Å². The summed E-state index contributed by atoms with van der Waals surface area (Å²) in [6, 6.07) is 9.53. The van der Waals surface area contributed by atoms with Gasteiger partial charge >= 0.3 is 0 Å². The van der Waals surface area contributed by atoms with Crippen LogP contribution in [0.3, 0.4) is 0 Å².